The lowest BCUT2D eigenvalue weighted by Gasteiger charge is -2.41. The van der Waals surface area contributed by atoms with Crippen LogP contribution in [0.25, 0.3) is 5.65 Å². The fourth-order valence-corrected chi connectivity index (χ4v) is 3.57. The van der Waals surface area contributed by atoms with Gasteiger partial charge in [0.2, 0.25) is 0 Å². The minimum absolute atomic E-state index is 0.253. The molecule has 3 heterocycles. The summed E-state index contributed by atoms with van der Waals surface area (Å²) in [5.41, 5.74) is 3.38. The topological polar surface area (TPSA) is 44.0 Å². The summed E-state index contributed by atoms with van der Waals surface area (Å²) in [5.74, 6) is 0. The van der Waals surface area contributed by atoms with Crippen molar-refractivity contribution in [2.24, 2.45) is 0 Å². The largest absolute Gasteiger partial charge is 0.392 e. The van der Waals surface area contributed by atoms with Crippen LogP contribution < -0.4 is 0 Å². The Kier molecular flexibility index (Phi) is 4.99. The minimum atomic E-state index is -0.253. The smallest absolute Gasteiger partial charge is 0.137 e. The highest BCUT2D eigenvalue weighted by Crippen LogP contribution is 2.16. The first-order valence-electron chi connectivity index (χ1n) is 8.65. The Hall–Kier alpha value is -1.43. The first-order valence-corrected chi connectivity index (χ1v) is 8.65. The van der Waals surface area contributed by atoms with Gasteiger partial charge in [-0.15, -0.1) is 0 Å². The molecule has 1 N–H and O–H groups in total. The van der Waals surface area contributed by atoms with E-state index in [9.17, 15) is 5.11 Å². The molecule has 1 fully saturated rings. The molecule has 0 spiro atoms. The molecular weight excluding hydrogens is 288 g/mol. The van der Waals surface area contributed by atoms with Gasteiger partial charge in [0.05, 0.1) is 11.8 Å². The Morgan fingerprint density at radius 2 is 2.17 bits per heavy atom. The Balaban J connectivity index is 1.67. The number of pyridine rings is 1. The fourth-order valence-electron chi connectivity index (χ4n) is 3.57. The van der Waals surface area contributed by atoms with E-state index >= 15 is 0 Å². The van der Waals surface area contributed by atoms with Gasteiger partial charge in [-0.1, -0.05) is 13.0 Å². The van der Waals surface area contributed by atoms with Gasteiger partial charge in [0.15, 0.2) is 0 Å². The van der Waals surface area contributed by atoms with Crippen molar-refractivity contribution in [2.75, 3.05) is 26.2 Å². The number of hydrogen-bond donors (Lipinski definition) is 1. The van der Waals surface area contributed by atoms with E-state index in [-0.39, 0.29) is 6.10 Å². The number of rotatable bonds is 5. The predicted molar refractivity (Wildman–Crippen MR) is 92.5 cm³/mol. The van der Waals surface area contributed by atoms with Crippen LogP contribution in [0, 0.1) is 6.92 Å². The highest BCUT2D eigenvalue weighted by molar-refractivity contribution is 5.41. The van der Waals surface area contributed by atoms with Crippen molar-refractivity contribution in [3.8, 4) is 0 Å². The molecule has 2 unspecified atom stereocenters. The standard InChI is InChI=1S/C18H28N4O/c1-4-17-13-20(8-9-21(17)10-15(3)23)11-16-12-22-14(2)6-5-7-18(22)19-16/h5-7,12,15,17,23H,4,8-11,13H2,1-3H3. The average molecular weight is 316 g/mol. The summed E-state index contributed by atoms with van der Waals surface area (Å²) >= 11 is 0. The van der Waals surface area contributed by atoms with E-state index in [1.807, 2.05) is 6.92 Å². The van der Waals surface area contributed by atoms with Crippen LogP contribution in [0.3, 0.4) is 0 Å². The summed E-state index contributed by atoms with van der Waals surface area (Å²) in [6.07, 6.45) is 3.03. The zero-order chi connectivity index (χ0) is 16.4. The van der Waals surface area contributed by atoms with Gasteiger partial charge in [-0.2, -0.15) is 0 Å². The van der Waals surface area contributed by atoms with Gasteiger partial charge in [0.25, 0.3) is 0 Å². The van der Waals surface area contributed by atoms with E-state index in [2.05, 4.69) is 52.4 Å². The first kappa shape index (κ1) is 16.4. The molecule has 0 aliphatic carbocycles. The zero-order valence-corrected chi connectivity index (χ0v) is 14.4. The van der Waals surface area contributed by atoms with Crippen LogP contribution in [0.4, 0.5) is 0 Å². The molecule has 3 rings (SSSR count). The summed E-state index contributed by atoms with van der Waals surface area (Å²) in [7, 11) is 0. The SMILES string of the molecule is CCC1CN(Cc2cn3c(C)cccc3n2)CCN1CC(C)O. The lowest BCUT2D eigenvalue weighted by Crippen LogP contribution is -2.54. The summed E-state index contributed by atoms with van der Waals surface area (Å²) in [6.45, 7) is 11.0. The van der Waals surface area contributed by atoms with E-state index in [1.165, 1.54) is 5.69 Å². The second-order valence-electron chi connectivity index (χ2n) is 6.77. The molecule has 23 heavy (non-hydrogen) atoms. The summed E-state index contributed by atoms with van der Waals surface area (Å²) < 4.78 is 2.16. The van der Waals surface area contributed by atoms with E-state index in [1.54, 1.807) is 0 Å². The molecular formula is C18H28N4O. The Bertz CT molecular complexity index is 652. The molecule has 2 atom stereocenters. The van der Waals surface area contributed by atoms with Crippen LogP contribution >= 0.6 is 0 Å². The maximum absolute atomic E-state index is 9.66. The number of fused-ring (bicyclic) bond motifs is 1. The van der Waals surface area contributed by atoms with Gasteiger partial charge in [-0.25, -0.2) is 4.98 Å². The van der Waals surface area contributed by atoms with E-state index < -0.39 is 0 Å². The number of hydrogen-bond acceptors (Lipinski definition) is 4. The van der Waals surface area contributed by atoms with Gasteiger partial charge in [-0.3, -0.25) is 9.80 Å². The number of aromatic nitrogens is 2. The van der Waals surface area contributed by atoms with Crippen molar-refractivity contribution in [2.45, 2.75) is 45.9 Å². The Morgan fingerprint density at radius 1 is 1.35 bits per heavy atom. The third kappa shape index (κ3) is 3.74. The summed E-state index contributed by atoms with van der Waals surface area (Å²) in [5, 5.41) is 9.66. The number of nitrogens with zero attached hydrogens (tertiary/aromatic N) is 4. The van der Waals surface area contributed by atoms with Gasteiger partial charge >= 0.3 is 0 Å². The van der Waals surface area contributed by atoms with Gasteiger partial charge in [0, 0.05) is 50.7 Å². The van der Waals surface area contributed by atoms with Crippen LogP contribution in [0.5, 0.6) is 0 Å². The van der Waals surface area contributed by atoms with Crippen LogP contribution in [0.15, 0.2) is 24.4 Å². The molecule has 0 saturated carbocycles. The third-order valence-corrected chi connectivity index (χ3v) is 4.79. The maximum atomic E-state index is 9.66. The van der Waals surface area contributed by atoms with E-state index in [0.29, 0.717) is 6.04 Å². The molecule has 126 valence electrons. The summed E-state index contributed by atoms with van der Waals surface area (Å²) in [4.78, 5) is 9.67. The minimum Gasteiger partial charge on any atom is -0.392 e. The van der Waals surface area contributed by atoms with Crippen molar-refractivity contribution < 1.29 is 5.11 Å². The fraction of sp³-hybridized carbons (Fsp3) is 0.611. The maximum Gasteiger partial charge on any atom is 0.137 e. The zero-order valence-electron chi connectivity index (χ0n) is 14.4. The van der Waals surface area contributed by atoms with Crippen molar-refractivity contribution in [3.63, 3.8) is 0 Å². The number of aliphatic hydroxyl groups is 1. The number of β-amino-alcohol motifs (C(OH)–C–C–N with tert-alkyl or cyclic N) is 1. The normalized spacial score (nSPS) is 21.8. The van der Waals surface area contributed by atoms with Gasteiger partial charge in [-0.05, 0) is 32.4 Å². The highest BCUT2D eigenvalue weighted by Gasteiger charge is 2.26. The molecule has 1 aliphatic heterocycles. The molecule has 2 aromatic heterocycles. The predicted octanol–water partition coefficient (Wildman–Crippen LogP) is 1.92. The Morgan fingerprint density at radius 3 is 2.87 bits per heavy atom. The molecule has 5 nitrogen and oxygen atoms in total. The molecule has 2 aromatic rings. The molecule has 5 heteroatoms. The monoisotopic (exact) mass is 316 g/mol. The number of aliphatic hydroxyl groups excluding tert-OH is 1. The second-order valence-corrected chi connectivity index (χ2v) is 6.77. The van der Waals surface area contributed by atoms with Gasteiger partial charge in [0.1, 0.15) is 5.65 Å². The van der Waals surface area contributed by atoms with Crippen molar-refractivity contribution in [1.29, 1.82) is 0 Å². The number of imidazole rings is 1. The number of piperazine rings is 1. The molecule has 0 radical (unpaired) electrons. The second kappa shape index (κ2) is 6.99. The number of aryl methyl sites for hydroxylation is 1. The van der Waals surface area contributed by atoms with Crippen LogP contribution in [-0.2, 0) is 6.54 Å². The molecule has 1 saturated heterocycles. The van der Waals surface area contributed by atoms with Crippen LogP contribution in [-0.4, -0.2) is 62.6 Å². The summed E-state index contributed by atoms with van der Waals surface area (Å²) in [6, 6.07) is 6.76. The lowest BCUT2D eigenvalue weighted by molar-refractivity contribution is 0.0334. The average Bonchev–Trinajstić information content (AvgIpc) is 2.92. The quantitative estimate of drug-likeness (QED) is 0.915. The third-order valence-electron chi connectivity index (χ3n) is 4.79. The molecule has 0 bridgehead atoms. The van der Waals surface area contributed by atoms with Crippen molar-refractivity contribution in [1.82, 2.24) is 19.2 Å². The lowest BCUT2D eigenvalue weighted by atomic mass is 10.1. The van der Waals surface area contributed by atoms with E-state index in [0.717, 1.165) is 50.5 Å². The highest BCUT2D eigenvalue weighted by atomic mass is 16.3. The molecule has 1 aliphatic rings. The first-order chi connectivity index (χ1) is 11.1. The molecule has 0 aromatic carbocycles. The molecule has 0 amide bonds. The Labute approximate surface area is 138 Å². The van der Waals surface area contributed by atoms with Crippen molar-refractivity contribution >= 4 is 5.65 Å². The van der Waals surface area contributed by atoms with Crippen molar-refractivity contribution in [3.05, 3.63) is 35.8 Å². The van der Waals surface area contributed by atoms with Crippen LogP contribution in [0.1, 0.15) is 31.7 Å². The van der Waals surface area contributed by atoms with E-state index in [4.69, 9.17) is 4.98 Å². The van der Waals surface area contributed by atoms with Crippen LogP contribution in [0.2, 0.25) is 0 Å². The van der Waals surface area contributed by atoms with Gasteiger partial charge < -0.3 is 9.51 Å².